The number of rotatable bonds is 2. The van der Waals surface area contributed by atoms with Crippen LogP contribution in [-0.4, -0.2) is 13.1 Å². The van der Waals surface area contributed by atoms with Crippen LogP contribution in [0.2, 0.25) is 0 Å². The van der Waals surface area contributed by atoms with Crippen LogP contribution in [0.4, 0.5) is 5.69 Å². The first-order valence-corrected chi connectivity index (χ1v) is 5.25. The maximum absolute atomic E-state index is 11.6. The molecule has 0 fully saturated rings. The van der Waals surface area contributed by atoms with Gasteiger partial charge in [0.25, 0.3) is 0 Å². The summed E-state index contributed by atoms with van der Waals surface area (Å²) in [7, 11) is 1.38. The number of ether oxygens (including phenoxy) is 1. The Morgan fingerprint density at radius 3 is 2.35 bits per heavy atom. The summed E-state index contributed by atoms with van der Waals surface area (Å²) in [6.45, 7) is 0. The van der Waals surface area contributed by atoms with Gasteiger partial charge in [0, 0.05) is 5.69 Å². The molecule has 0 aromatic heterocycles. The Hall–Kier alpha value is -2.29. The Labute approximate surface area is 99.8 Å². The van der Waals surface area contributed by atoms with Crippen LogP contribution in [0.5, 0.6) is 0 Å². The van der Waals surface area contributed by atoms with Gasteiger partial charge in [-0.25, -0.2) is 4.79 Å². The van der Waals surface area contributed by atoms with Crippen LogP contribution in [0.15, 0.2) is 48.5 Å². The fourth-order valence-electron chi connectivity index (χ4n) is 1.69. The van der Waals surface area contributed by atoms with Crippen LogP contribution in [0.3, 0.4) is 0 Å². The molecule has 2 aromatic rings. The van der Waals surface area contributed by atoms with E-state index in [1.165, 1.54) is 7.11 Å². The molecule has 0 spiro atoms. The van der Waals surface area contributed by atoms with Gasteiger partial charge in [-0.1, -0.05) is 30.3 Å². The van der Waals surface area contributed by atoms with Crippen molar-refractivity contribution in [1.29, 1.82) is 0 Å². The second kappa shape index (κ2) is 4.70. The molecule has 0 amide bonds. The topological polar surface area (TPSA) is 52.3 Å². The fourth-order valence-corrected chi connectivity index (χ4v) is 1.69. The Kier molecular flexibility index (Phi) is 3.10. The summed E-state index contributed by atoms with van der Waals surface area (Å²) >= 11 is 0. The van der Waals surface area contributed by atoms with Crippen LogP contribution in [0, 0.1) is 0 Å². The van der Waals surface area contributed by atoms with Gasteiger partial charge in [0.15, 0.2) is 0 Å². The van der Waals surface area contributed by atoms with Crippen LogP contribution < -0.4 is 5.73 Å². The Bertz CT molecular complexity index is 532. The molecule has 0 saturated carbocycles. The minimum Gasteiger partial charge on any atom is -0.465 e. The highest BCUT2D eigenvalue weighted by molar-refractivity contribution is 5.97. The monoisotopic (exact) mass is 227 g/mol. The summed E-state index contributed by atoms with van der Waals surface area (Å²) in [5.74, 6) is -0.336. The van der Waals surface area contributed by atoms with Gasteiger partial charge in [0.2, 0.25) is 0 Å². The predicted molar refractivity (Wildman–Crippen MR) is 67.6 cm³/mol. The fraction of sp³-hybridized carbons (Fsp3) is 0.0714. The summed E-state index contributed by atoms with van der Waals surface area (Å²) in [5.41, 5.74) is 8.68. The summed E-state index contributed by atoms with van der Waals surface area (Å²) < 4.78 is 4.76. The first kappa shape index (κ1) is 11.2. The van der Waals surface area contributed by atoms with Crippen molar-refractivity contribution in [3.05, 3.63) is 54.1 Å². The van der Waals surface area contributed by atoms with E-state index in [1.54, 1.807) is 6.07 Å². The van der Waals surface area contributed by atoms with Gasteiger partial charge < -0.3 is 10.5 Å². The molecule has 3 heteroatoms. The van der Waals surface area contributed by atoms with Gasteiger partial charge >= 0.3 is 5.97 Å². The van der Waals surface area contributed by atoms with Crippen LogP contribution in [0.1, 0.15) is 10.4 Å². The number of carbonyl (C=O) groups excluding carboxylic acids is 1. The highest BCUT2D eigenvalue weighted by Gasteiger charge is 2.11. The van der Waals surface area contributed by atoms with Crippen molar-refractivity contribution in [2.24, 2.45) is 0 Å². The van der Waals surface area contributed by atoms with E-state index in [9.17, 15) is 4.79 Å². The largest absolute Gasteiger partial charge is 0.465 e. The third-order valence-corrected chi connectivity index (χ3v) is 2.55. The van der Waals surface area contributed by atoms with E-state index in [0.29, 0.717) is 11.3 Å². The van der Waals surface area contributed by atoms with Crippen molar-refractivity contribution in [3.8, 4) is 11.1 Å². The van der Waals surface area contributed by atoms with E-state index in [-0.39, 0.29) is 5.97 Å². The van der Waals surface area contributed by atoms with Crippen LogP contribution in [0.25, 0.3) is 11.1 Å². The van der Waals surface area contributed by atoms with E-state index in [0.717, 1.165) is 11.1 Å². The van der Waals surface area contributed by atoms with Gasteiger partial charge in [-0.2, -0.15) is 0 Å². The normalized spacial score (nSPS) is 9.94. The number of anilines is 1. The SMILES string of the molecule is COC(=O)c1ccccc1-c1ccc(N)cc1. The van der Waals surface area contributed by atoms with Gasteiger partial charge in [-0.15, -0.1) is 0 Å². The van der Waals surface area contributed by atoms with Crippen molar-refractivity contribution in [2.45, 2.75) is 0 Å². The molecule has 2 N–H and O–H groups in total. The Balaban J connectivity index is 2.51. The minimum absolute atomic E-state index is 0.336. The Morgan fingerprint density at radius 1 is 1.06 bits per heavy atom. The number of nitrogens with two attached hydrogens (primary N) is 1. The number of carbonyl (C=O) groups is 1. The third kappa shape index (κ3) is 2.28. The first-order valence-electron chi connectivity index (χ1n) is 5.25. The van der Waals surface area contributed by atoms with E-state index in [4.69, 9.17) is 10.5 Å². The number of benzene rings is 2. The van der Waals surface area contributed by atoms with Gasteiger partial charge in [-0.05, 0) is 29.3 Å². The number of esters is 1. The van der Waals surface area contributed by atoms with E-state index >= 15 is 0 Å². The van der Waals surface area contributed by atoms with E-state index < -0.39 is 0 Å². The molecule has 0 aliphatic rings. The maximum Gasteiger partial charge on any atom is 0.338 e. The van der Waals surface area contributed by atoms with Crippen molar-refractivity contribution in [3.63, 3.8) is 0 Å². The molecule has 0 heterocycles. The van der Waals surface area contributed by atoms with Gasteiger partial charge in [-0.3, -0.25) is 0 Å². The van der Waals surface area contributed by atoms with E-state index in [2.05, 4.69) is 0 Å². The first-order chi connectivity index (χ1) is 8.22. The molecular formula is C14H13NO2. The van der Waals surface area contributed by atoms with E-state index in [1.807, 2.05) is 42.5 Å². The van der Waals surface area contributed by atoms with Crippen molar-refractivity contribution in [1.82, 2.24) is 0 Å². The third-order valence-electron chi connectivity index (χ3n) is 2.55. The number of methoxy groups -OCH3 is 1. The Morgan fingerprint density at radius 2 is 1.71 bits per heavy atom. The highest BCUT2D eigenvalue weighted by Crippen LogP contribution is 2.24. The predicted octanol–water partition coefficient (Wildman–Crippen LogP) is 2.72. The number of nitrogen functional groups attached to an aromatic ring is 1. The lowest BCUT2D eigenvalue weighted by molar-refractivity contribution is 0.0601. The maximum atomic E-state index is 11.6. The van der Waals surface area contributed by atoms with Crippen molar-refractivity contribution in [2.75, 3.05) is 12.8 Å². The zero-order valence-electron chi connectivity index (χ0n) is 9.51. The molecule has 0 radical (unpaired) electrons. The summed E-state index contributed by atoms with van der Waals surface area (Å²) in [6.07, 6.45) is 0. The molecular weight excluding hydrogens is 214 g/mol. The molecule has 17 heavy (non-hydrogen) atoms. The number of hydrogen-bond donors (Lipinski definition) is 1. The standard InChI is InChI=1S/C14H13NO2/c1-17-14(16)13-5-3-2-4-12(13)10-6-8-11(15)9-7-10/h2-9H,15H2,1H3. The van der Waals surface area contributed by atoms with Gasteiger partial charge in [0.05, 0.1) is 12.7 Å². The minimum atomic E-state index is -0.336. The zero-order valence-corrected chi connectivity index (χ0v) is 9.51. The molecule has 0 aliphatic carbocycles. The molecule has 0 saturated heterocycles. The average molecular weight is 227 g/mol. The number of hydrogen-bond acceptors (Lipinski definition) is 3. The lowest BCUT2D eigenvalue weighted by Gasteiger charge is -2.07. The second-order valence-electron chi connectivity index (χ2n) is 3.66. The van der Waals surface area contributed by atoms with Crippen molar-refractivity contribution >= 4 is 11.7 Å². The summed E-state index contributed by atoms with van der Waals surface area (Å²) in [4.78, 5) is 11.6. The molecule has 2 aromatic carbocycles. The van der Waals surface area contributed by atoms with Crippen LogP contribution >= 0.6 is 0 Å². The molecule has 0 atom stereocenters. The zero-order chi connectivity index (χ0) is 12.3. The lowest BCUT2D eigenvalue weighted by atomic mass is 9.99. The highest BCUT2D eigenvalue weighted by atomic mass is 16.5. The average Bonchev–Trinajstić information content (AvgIpc) is 2.39. The molecule has 0 bridgehead atoms. The second-order valence-corrected chi connectivity index (χ2v) is 3.66. The lowest BCUT2D eigenvalue weighted by Crippen LogP contribution is -2.03. The van der Waals surface area contributed by atoms with Gasteiger partial charge in [0.1, 0.15) is 0 Å². The molecule has 0 aliphatic heterocycles. The molecule has 0 unspecified atom stereocenters. The van der Waals surface area contributed by atoms with Crippen molar-refractivity contribution < 1.29 is 9.53 Å². The quantitative estimate of drug-likeness (QED) is 0.634. The summed E-state index contributed by atoms with van der Waals surface area (Å²) in [5, 5.41) is 0. The summed E-state index contributed by atoms with van der Waals surface area (Å²) in [6, 6.07) is 14.7. The molecule has 86 valence electrons. The molecule has 2 rings (SSSR count). The van der Waals surface area contributed by atoms with Crippen LogP contribution in [-0.2, 0) is 4.74 Å². The smallest absolute Gasteiger partial charge is 0.338 e. The molecule has 3 nitrogen and oxygen atoms in total.